The van der Waals surface area contributed by atoms with Crippen molar-refractivity contribution in [2.24, 2.45) is 0 Å². The molecular weight excluding hydrogens is 366 g/mol. The van der Waals surface area contributed by atoms with E-state index in [1.807, 2.05) is 54.3 Å². The predicted molar refractivity (Wildman–Crippen MR) is 112 cm³/mol. The van der Waals surface area contributed by atoms with E-state index in [-0.39, 0.29) is 11.9 Å². The van der Waals surface area contributed by atoms with Crippen LogP contribution < -0.4 is 5.73 Å². The van der Waals surface area contributed by atoms with Crippen molar-refractivity contribution in [3.8, 4) is 22.7 Å². The number of carbonyl (C=O) groups excluding carboxylic acids is 1. The number of benzene rings is 1. The minimum atomic E-state index is 0.0477. The average molecular weight is 391 g/mol. The molecule has 0 atom stereocenters. The third kappa shape index (κ3) is 4.14. The van der Waals surface area contributed by atoms with Gasteiger partial charge < -0.3 is 20.0 Å². The van der Waals surface area contributed by atoms with Gasteiger partial charge in [-0.05, 0) is 43.8 Å². The Bertz CT molecular complexity index is 1020. The summed E-state index contributed by atoms with van der Waals surface area (Å²) in [5.41, 5.74) is 8.69. The molecule has 1 aliphatic heterocycles. The number of piperazine rings is 1. The first kappa shape index (κ1) is 19.1. The van der Waals surface area contributed by atoms with Gasteiger partial charge in [-0.15, -0.1) is 0 Å². The van der Waals surface area contributed by atoms with E-state index >= 15 is 0 Å². The van der Waals surface area contributed by atoms with Gasteiger partial charge >= 0.3 is 0 Å². The fraction of sp³-hybridized carbons (Fsp3) is 0.318. The summed E-state index contributed by atoms with van der Waals surface area (Å²) in [4.78, 5) is 25.9. The molecule has 2 aromatic heterocycles. The van der Waals surface area contributed by atoms with E-state index in [9.17, 15) is 4.79 Å². The van der Waals surface area contributed by atoms with Crippen LogP contribution in [-0.2, 0) is 0 Å². The number of anilines is 1. The highest BCUT2D eigenvalue weighted by Crippen LogP contribution is 2.26. The lowest BCUT2D eigenvalue weighted by molar-refractivity contribution is 0.0643. The van der Waals surface area contributed by atoms with Crippen LogP contribution in [-0.4, -0.2) is 58.4 Å². The standard InChI is InChI=1S/C22H25N5O2/c1-3-26-9-11-27(12-10-26)21(28)17-6-4-5-16(13-17)18-14-19(25-22(23)24-18)20-8-7-15(2)29-20/h4-8,13-14H,3,9-12H2,1-2H3,(H2,23,24,25). The van der Waals surface area contributed by atoms with Gasteiger partial charge in [0, 0.05) is 37.3 Å². The quantitative estimate of drug-likeness (QED) is 0.735. The molecule has 1 aliphatic rings. The van der Waals surface area contributed by atoms with Gasteiger partial charge in [0.25, 0.3) is 5.91 Å². The van der Waals surface area contributed by atoms with Crippen LogP contribution in [0.15, 0.2) is 46.9 Å². The van der Waals surface area contributed by atoms with Gasteiger partial charge in [-0.2, -0.15) is 0 Å². The minimum Gasteiger partial charge on any atom is -0.460 e. The predicted octanol–water partition coefficient (Wildman–Crippen LogP) is 3.07. The smallest absolute Gasteiger partial charge is 0.253 e. The first-order valence-electron chi connectivity index (χ1n) is 9.87. The summed E-state index contributed by atoms with van der Waals surface area (Å²) in [6.07, 6.45) is 0. The zero-order valence-corrected chi connectivity index (χ0v) is 16.8. The zero-order chi connectivity index (χ0) is 20.4. The highest BCUT2D eigenvalue weighted by Gasteiger charge is 2.21. The molecule has 1 fully saturated rings. The van der Waals surface area contributed by atoms with Gasteiger partial charge in [0.1, 0.15) is 11.5 Å². The number of aromatic nitrogens is 2. The molecule has 0 aliphatic carbocycles. The van der Waals surface area contributed by atoms with Crippen LogP contribution in [0.4, 0.5) is 5.95 Å². The topological polar surface area (TPSA) is 88.5 Å². The molecular formula is C22H25N5O2. The number of nitrogen functional groups attached to an aromatic ring is 1. The fourth-order valence-corrected chi connectivity index (χ4v) is 3.57. The molecule has 29 heavy (non-hydrogen) atoms. The molecule has 7 heteroatoms. The Balaban J connectivity index is 1.60. The van der Waals surface area contributed by atoms with Crippen molar-refractivity contribution in [1.82, 2.24) is 19.8 Å². The number of nitrogens with zero attached hydrogens (tertiary/aromatic N) is 4. The molecule has 0 unspecified atom stereocenters. The van der Waals surface area contributed by atoms with Gasteiger partial charge in [-0.3, -0.25) is 4.79 Å². The van der Waals surface area contributed by atoms with Crippen molar-refractivity contribution in [3.05, 3.63) is 53.8 Å². The number of furan rings is 1. The molecule has 0 spiro atoms. The van der Waals surface area contributed by atoms with E-state index in [0.29, 0.717) is 22.7 Å². The highest BCUT2D eigenvalue weighted by atomic mass is 16.3. The van der Waals surface area contributed by atoms with E-state index < -0.39 is 0 Å². The molecule has 1 saturated heterocycles. The molecule has 1 amide bonds. The van der Waals surface area contributed by atoms with Crippen LogP contribution >= 0.6 is 0 Å². The van der Waals surface area contributed by atoms with Gasteiger partial charge in [0.05, 0.1) is 5.69 Å². The Hall–Kier alpha value is -3.19. The maximum atomic E-state index is 13.0. The van der Waals surface area contributed by atoms with E-state index in [1.54, 1.807) is 0 Å². The zero-order valence-electron chi connectivity index (χ0n) is 16.8. The molecule has 4 rings (SSSR count). The highest BCUT2D eigenvalue weighted by molar-refractivity contribution is 5.95. The summed E-state index contributed by atoms with van der Waals surface area (Å²) in [7, 11) is 0. The lowest BCUT2D eigenvalue weighted by Crippen LogP contribution is -2.48. The number of aryl methyl sites for hydroxylation is 1. The van der Waals surface area contributed by atoms with E-state index in [0.717, 1.165) is 44.0 Å². The number of hydrogen-bond acceptors (Lipinski definition) is 6. The Kier molecular flexibility index (Phi) is 5.31. The third-order valence-electron chi connectivity index (χ3n) is 5.25. The van der Waals surface area contributed by atoms with Crippen molar-refractivity contribution in [2.45, 2.75) is 13.8 Å². The van der Waals surface area contributed by atoms with Crippen LogP contribution in [0.5, 0.6) is 0 Å². The lowest BCUT2D eigenvalue weighted by Gasteiger charge is -2.34. The number of likely N-dealkylation sites (N-methyl/N-ethyl adjacent to an activating group) is 1. The maximum Gasteiger partial charge on any atom is 0.253 e. The molecule has 0 bridgehead atoms. The Labute approximate surface area is 170 Å². The molecule has 2 N–H and O–H groups in total. The largest absolute Gasteiger partial charge is 0.460 e. The van der Waals surface area contributed by atoms with Gasteiger partial charge in [-0.1, -0.05) is 19.1 Å². The van der Waals surface area contributed by atoms with Crippen LogP contribution in [0.1, 0.15) is 23.0 Å². The minimum absolute atomic E-state index is 0.0477. The first-order chi connectivity index (χ1) is 14.0. The number of carbonyl (C=O) groups is 1. The summed E-state index contributed by atoms with van der Waals surface area (Å²) in [5, 5.41) is 0. The number of hydrogen-bond donors (Lipinski definition) is 1. The summed E-state index contributed by atoms with van der Waals surface area (Å²) >= 11 is 0. The first-order valence-corrected chi connectivity index (χ1v) is 9.87. The lowest BCUT2D eigenvalue weighted by atomic mass is 10.1. The van der Waals surface area contributed by atoms with E-state index in [1.165, 1.54) is 0 Å². The van der Waals surface area contributed by atoms with E-state index in [2.05, 4.69) is 21.8 Å². The molecule has 3 aromatic rings. The second-order valence-corrected chi connectivity index (χ2v) is 7.21. The molecule has 7 nitrogen and oxygen atoms in total. The van der Waals surface area contributed by atoms with Crippen molar-refractivity contribution < 1.29 is 9.21 Å². The van der Waals surface area contributed by atoms with Crippen LogP contribution in [0.25, 0.3) is 22.7 Å². The SMILES string of the molecule is CCN1CCN(C(=O)c2cccc(-c3cc(-c4ccc(C)o4)nc(N)n3)c2)CC1. The summed E-state index contributed by atoms with van der Waals surface area (Å²) in [5.74, 6) is 1.65. The molecule has 0 saturated carbocycles. The average Bonchev–Trinajstić information content (AvgIpc) is 3.19. The van der Waals surface area contributed by atoms with Gasteiger partial charge in [0.2, 0.25) is 5.95 Å². The number of nitrogens with two attached hydrogens (primary N) is 1. The Morgan fingerprint density at radius 2 is 1.83 bits per heavy atom. The van der Waals surface area contributed by atoms with Crippen molar-refractivity contribution in [3.63, 3.8) is 0 Å². The molecule has 1 aromatic carbocycles. The fourth-order valence-electron chi connectivity index (χ4n) is 3.57. The number of amides is 1. The second-order valence-electron chi connectivity index (χ2n) is 7.21. The monoisotopic (exact) mass is 391 g/mol. The number of rotatable bonds is 4. The van der Waals surface area contributed by atoms with Gasteiger partial charge in [0.15, 0.2) is 5.76 Å². The van der Waals surface area contributed by atoms with E-state index in [4.69, 9.17) is 10.2 Å². The third-order valence-corrected chi connectivity index (χ3v) is 5.25. The normalized spacial score (nSPS) is 14.9. The van der Waals surface area contributed by atoms with Crippen molar-refractivity contribution in [1.29, 1.82) is 0 Å². The summed E-state index contributed by atoms with van der Waals surface area (Å²) in [6, 6.07) is 13.1. The molecule has 150 valence electrons. The second kappa shape index (κ2) is 8.05. The van der Waals surface area contributed by atoms with Crippen LogP contribution in [0, 0.1) is 6.92 Å². The molecule has 0 radical (unpaired) electrons. The van der Waals surface area contributed by atoms with Crippen LogP contribution in [0.2, 0.25) is 0 Å². The van der Waals surface area contributed by atoms with Gasteiger partial charge in [-0.25, -0.2) is 9.97 Å². The summed E-state index contributed by atoms with van der Waals surface area (Å²) in [6.45, 7) is 8.37. The molecule has 3 heterocycles. The van der Waals surface area contributed by atoms with Crippen LogP contribution in [0.3, 0.4) is 0 Å². The maximum absolute atomic E-state index is 13.0. The Morgan fingerprint density at radius 1 is 1.07 bits per heavy atom. The van der Waals surface area contributed by atoms with Crippen molar-refractivity contribution in [2.75, 3.05) is 38.5 Å². The summed E-state index contributed by atoms with van der Waals surface area (Å²) < 4.78 is 5.66. The van der Waals surface area contributed by atoms with Crippen molar-refractivity contribution >= 4 is 11.9 Å². The Morgan fingerprint density at radius 3 is 2.52 bits per heavy atom.